The fourth-order valence-electron chi connectivity index (χ4n) is 3.58. The number of alkyl halides is 2. The number of rotatable bonds is 5. The first kappa shape index (κ1) is 18.9. The van der Waals surface area contributed by atoms with Crippen LogP contribution in [0.15, 0.2) is 36.4 Å². The summed E-state index contributed by atoms with van der Waals surface area (Å²) in [6.07, 6.45) is -1.69. The second-order valence-corrected chi connectivity index (χ2v) is 6.94. The summed E-state index contributed by atoms with van der Waals surface area (Å²) in [5.41, 5.74) is 3.73. The molecule has 5 heteroatoms. The van der Waals surface area contributed by atoms with Crippen molar-refractivity contribution in [3.05, 3.63) is 70.0 Å². The van der Waals surface area contributed by atoms with Crippen LogP contribution in [0, 0.1) is 19.7 Å². The zero-order valence-corrected chi connectivity index (χ0v) is 15.1. The van der Waals surface area contributed by atoms with Crippen LogP contribution in [-0.2, 0) is 11.3 Å². The minimum atomic E-state index is -2.48. The highest BCUT2D eigenvalue weighted by atomic mass is 19.3. The Bertz CT molecular complexity index is 763. The van der Waals surface area contributed by atoms with Gasteiger partial charge in [-0.15, -0.1) is 0 Å². The van der Waals surface area contributed by atoms with Crippen LogP contribution in [0.4, 0.5) is 13.2 Å². The number of ether oxygens (including phenoxy) is 1. The first-order valence-electron chi connectivity index (χ1n) is 8.91. The quantitative estimate of drug-likeness (QED) is 0.803. The molecule has 2 unspecified atom stereocenters. The summed E-state index contributed by atoms with van der Waals surface area (Å²) in [6, 6.07) is 9.53. The van der Waals surface area contributed by atoms with Gasteiger partial charge in [0.15, 0.2) is 0 Å². The highest BCUT2D eigenvalue weighted by Crippen LogP contribution is 2.30. The summed E-state index contributed by atoms with van der Waals surface area (Å²) in [7, 11) is 0. The summed E-state index contributed by atoms with van der Waals surface area (Å²) >= 11 is 0. The fraction of sp³-hybridized carbons (Fsp3) is 0.429. The molecule has 1 N–H and O–H groups in total. The molecule has 1 aliphatic heterocycles. The van der Waals surface area contributed by atoms with Crippen LogP contribution in [0.5, 0.6) is 0 Å². The van der Waals surface area contributed by atoms with Gasteiger partial charge < -0.3 is 10.1 Å². The van der Waals surface area contributed by atoms with Crippen molar-refractivity contribution in [2.75, 3.05) is 13.1 Å². The second-order valence-electron chi connectivity index (χ2n) is 6.94. The van der Waals surface area contributed by atoms with Crippen molar-refractivity contribution in [2.45, 2.75) is 45.3 Å². The van der Waals surface area contributed by atoms with Crippen molar-refractivity contribution in [3.8, 4) is 0 Å². The third-order valence-electron chi connectivity index (χ3n) is 5.13. The molecule has 3 rings (SSSR count). The minimum absolute atomic E-state index is 0.0189. The Morgan fingerprint density at radius 3 is 2.65 bits per heavy atom. The van der Waals surface area contributed by atoms with Gasteiger partial charge in [0, 0.05) is 18.0 Å². The van der Waals surface area contributed by atoms with Gasteiger partial charge in [0.2, 0.25) is 0 Å². The molecule has 0 radical (unpaired) electrons. The Labute approximate surface area is 152 Å². The van der Waals surface area contributed by atoms with Crippen LogP contribution in [0.3, 0.4) is 0 Å². The summed E-state index contributed by atoms with van der Waals surface area (Å²) in [5, 5.41) is 3.37. The molecule has 0 bridgehead atoms. The SMILES string of the molecule is Cc1ccc(C(F)F)cc1COC1CCNCC1c1ccc(F)cc1C. The van der Waals surface area contributed by atoms with Gasteiger partial charge in [0.25, 0.3) is 6.43 Å². The van der Waals surface area contributed by atoms with E-state index in [1.807, 2.05) is 19.9 Å². The predicted octanol–water partition coefficient (Wildman–Crippen LogP) is 5.04. The van der Waals surface area contributed by atoms with Crippen molar-refractivity contribution in [3.63, 3.8) is 0 Å². The van der Waals surface area contributed by atoms with Crippen LogP contribution in [0.1, 0.15) is 46.6 Å². The molecule has 2 atom stereocenters. The topological polar surface area (TPSA) is 21.3 Å². The molecule has 2 nitrogen and oxygen atoms in total. The van der Waals surface area contributed by atoms with E-state index in [1.54, 1.807) is 6.07 Å². The Balaban J connectivity index is 1.76. The van der Waals surface area contributed by atoms with Gasteiger partial charge in [-0.3, -0.25) is 0 Å². The highest BCUT2D eigenvalue weighted by molar-refractivity contribution is 5.33. The highest BCUT2D eigenvalue weighted by Gasteiger charge is 2.28. The molecule has 0 saturated carbocycles. The van der Waals surface area contributed by atoms with E-state index in [4.69, 9.17) is 4.74 Å². The van der Waals surface area contributed by atoms with E-state index in [0.717, 1.165) is 41.8 Å². The van der Waals surface area contributed by atoms with Crippen molar-refractivity contribution < 1.29 is 17.9 Å². The number of hydrogen-bond acceptors (Lipinski definition) is 2. The molecule has 0 aliphatic carbocycles. The predicted molar refractivity (Wildman–Crippen MR) is 96.1 cm³/mol. The van der Waals surface area contributed by atoms with Gasteiger partial charge in [-0.25, -0.2) is 13.2 Å². The van der Waals surface area contributed by atoms with Gasteiger partial charge in [0.1, 0.15) is 5.82 Å². The molecule has 26 heavy (non-hydrogen) atoms. The number of nitrogens with one attached hydrogen (secondary N) is 1. The number of aryl methyl sites for hydroxylation is 2. The molecule has 2 aromatic rings. The normalized spacial score (nSPS) is 20.5. The smallest absolute Gasteiger partial charge is 0.263 e. The van der Waals surface area contributed by atoms with Gasteiger partial charge in [-0.2, -0.15) is 0 Å². The largest absolute Gasteiger partial charge is 0.373 e. The van der Waals surface area contributed by atoms with Crippen LogP contribution < -0.4 is 5.32 Å². The lowest BCUT2D eigenvalue weighted by atomic mass is 9.86. The molecule has 1 heterocycles. The first-order chi connectivity index (χ1) is 12.5. The Morgan fingerprint density at radius 2 is 1.92 bits per heavy atom. The Morgan fingerprint density at radius 1 is 1.12 bits per heavy atom. The molecule has 1 saturated heterocycles. The van der Waals surface area contributed by atoms with Crippen molar-refractivity contribution in [1.29, 1.82) is 0 Å². The van der Waals surface area contributed by atoms with E-state index in [2.05, 4.69) is 5.32 Å². The van der Waals surface area contributed by atoms with Crippen LogP contribution in [0.25, 0.3) is 0 Å². The third-order valence-corrected chi connectivity index (χ3v) is 5.13. The van der Waals surface area contributed by atoms with Gasteiger partial charge in [-0.05, 0) is 67.3 Å². The second kappa shape index (κ2) is 8.23. The molecular weight excluding hydrogens is 339 g/mol. The molecule has 1 aliphatic rings. The van der Waals surface area contributed by atoms with Crippen molar-refractivity contribution in [1.82, 2.24) is 5.32 Å². The van der Waals surface area contributed by atoms with E-state index in [-0.39, 0.29) is 23.4 Å². The van der Waals surface area contributed by atoms with E-state index in [9.17, 15) is 13.2 Å². The van der Waals surface area contributed by atoms with Crippen LogP contribution in [-0.4, -0.2) is 19.2 Å². The standard InChI is InChI=1S/C21H24F3NO/c1-13-3-4-15(21(23)24)10-16(13)12-26-20-7-8-25-11-19(20)18-6-5-17(22)9-14(18)2/h3-6,9-10,19-21,25H,7-8,11-12H2,1-2H3. The summed E-state index contributed by atoms with van der Waals surface area (Å²) < 4.78 is 45.5. The maximum Gasteiger partial charge on any atom is 0.263 e. The zero-order chi connectivity index (χ0) is 18.7. The Hall–Kier alpha value is -1.85. The third kappa shape index (κ3) is 4.27. The van der Waals surface area contributed by atoms with Gasteiger partial charge >= 0.3 is 0 Å². The molecule has 1 fully saturated rings. The van der Waals surface area contributed by atoms with Gasteiger partial charge in [0.05, 0.1) is 12.7 Å². The molecule has 140 valence electrons. The van der Waals surface area contributed by atoms with E-state index in [1.165, 1.54) is 24.3 Å². The zero-order valence-electron chi connectivity index (χ0n) is 15.1. The average Bonchev–Trinajstić information content (AvgIpc) is 2.61. The maximum absolute atomic E-state index is 13.4. The molecule has 0 spiro atoms. The number of halogens is 3. The fourth-order valence-corrected chi connectivity index (χ4v) is 3.58. The van der Waals surface area contributed by atoms with E-state index < -0.39 is 6.43 Å². The lowest BCUT2D eigenvalue weighted by Crippen LogP contribution is -2.40. The summed E-state index contributed by atoms with van der Waals surface area (Å²) in [4.78, 5) is 0. The van der Waals surface area contributed by atoms with E-state index in [0.29, 0.717) is 6.61 Å². The monoisotopic (exact) mass is 363 g/mol. The molecule has 0 aromatic heterocycles. The minimum Gasteiger partial charge on any atom is -0.373 e. The van der Waals surface area contributed by atoms with E-state index >= 15 is 0 Å². The average molecular weight is 363 g/mol. The molecule has 0 amide bonds. The summed E-state index contributed by atoms with van der Waals surface area (Å²) in [5.74, 6) is -0.130. The molecule has 2 aromatic carbocycles. The number of benzene rings is 2. The lowest BCUT2D eigenvalue weighted by Gasteiger charge is -2.33. The Kier molecular flexibility index (Phi) is 5.99. The van der Waals surface area contributed by atoms with Gasteiger partial charge in [-0.1, -0.05) is 18.2 Å². The summed E-state index contributed by atoms with van der Waals surface area (Å²) in [6.45, 7) is 5.71. The van der Waals surface area contributed by atoms with Crippen molar-refractivity contribution in [2.24, 2.45) is 0 Å². The van der Waals surface area contributed by atoms with Crippen LogP contribution in [0.2, 0.25) is 0 Å². The van der Waals surface area contributed by atoms with Crippen molar-refractivity contribution >= 4 is 0 Å². The van der Waals surface area contributed by atoms with Crippen LogP contribution >= 0.6 is 0 Å². The number of hydrogen-bond donors (Lipinski definition) is 1. The molecular formula is C21H24F3NO. The maximum atomic E-state index is 13.4. The first-order valence-corrected chi connectivity index (χ1v) is 8.91. The lowest BCUT2D eigenvalue weighted by molar-refractivity contribution is 0.00646. The number of piperidine rings is 1.